The van der Waals surface area contributed by atoms with Crippen molar-refractivity contribution in [3.63, 3.8) is 0 Å². The van der Waals surface area contributed by atoms with Crippen molar-refractivity contribution in [2.75, 3.05) is 60.2 Å². The van der Waals surface area contributed by atoms with Gasteiger partial charge < -0.3 is 19.7 Å². The molecule has 4 nitrogen and oxygen atoms in total. The number of likely N-dealkylation sites (tertiary alicyclic amines) is 1. The van der Waals surface area contributed by atoms with Crippen LogP contribution in [0.15, 0.2) is 0 Å². The molecular formula is C12H26N2O2. The molecule has 0 amide bonds. The lowest BCUT2D eigenvalue weighted by molar-refractivity contribution is 0.153. The summed E-state index contributed by atoms with van der Waals surface area (Å²) in [6, 6.07) is 0. The molecule has 96 valence electrons. The largest absolute Gasteiger partial charge is 0.384 e. The maximum absolute atomic E-state index is 5.19. The predicted octanol–water partition coefficient (Wildman–Crippen LogP) is 0.581. The van der Waals surface area contributed by atoms with Gasteiger partial charge in [0.1, 0.15) is 0 Å². The summed E-state index contributed by atoms with van der Waals surface area (Å²) in [4.78, 5) is 2.54. The van der Waals surface area contributed by atoms with Crippen LogP contribution in [-0.2, 0) is 9.47 Å². The number of ether oxygens (including phenoxy) is 2. The fourth-order valence-electron chi connectivity index (χ4n) is 2.21. The molecule has 0 aliphatic carbocycles. The van der Waals surface area contributed by atoms with Gasteiger partial charge in [-0.1, -0.05) is 0 Å². The fraction of sp³-hybridized carbons (Fsp3) is 1.00. The third kappa shape index (κ3) is 5.80. The standard InChI is InChI=1S/C12H26N2O2/c1-15-9-6-13-5-3-7-14-8-4-12(10-14)11-16-2/h12-13H,3-11H2,1-2H3. The summed E-state index contributed by atoms with van der Waals surface area (Å²) < 4.78 is 10.2. The zero-order valence-electron chi connectivity index (χ0n) is 10.7. The minimum atomic E-state index is 0.756. The molecule has 1 saturated heterocycles. The van der Waals surface area contributed by atoms with E-state index in [9.17, 15) is 0 Å². The average molecular weight is 230 g/mol. The first kappa shape index (κ1) is 13.9. The van der Waals surface area contributed by atoms with Gasteiger partial charge in [0.15, 0.2) is 0 Å². The lowest BCUT2D eigenvalue weighted by Crippen LogP contribution is -2.27. The molecular weight excluding hydrogens is 204 g/mol. The van der Waals surface area contributed by atoms with Gasteiger partial charge >= 0.3 is 0 Å². The van der Waals surface area contributed by atoms with Gasteiger partial charge in [-0.05, 0) is 38.4 Å². The topological polar surface area (TPSA) is 33.7 Å². The van der Waals surface area contributed by atoms with E-state index in [4.69, 9.17) is 9.47 Å². The lowest BCUT2D eigenvalue weighted by atomic mass is 10.1. The van der Waals surface area contributed by atoms with Gasteiger partial charge in [0.05, 0.1) is 13.2 Å². The monoisotopic (exact) mass is 230 g/mol. The van der Waals surface area contributed by atoms with E-state index in [-0.39, 0.29) is 0 Å². The van der Waals surface area contributed by atoms with E-state index >= 15 is 0 Å². The molecule has 0 aromatic heterocycles. The van der Waals surface area contributed by atoms with Gasteiger partial charge in [0.2, 0.25) is 0 Å². The molecule has 0 spiro atoms. The van der Waals surface area contributed by atoms with Gasteiger partial charge in [0, 0.05) is 27.3 Å². The van der Waals surface area contributed by atoms with Crippen LogP contribution < -0.4 is 5.32 Å². The molecule has 1 rings (SSSR count). The smallest absolute Gasteiger partial charge is 0.0587 e. The van der Waals surface area contributed by atoms with E-state index in [0.29, 0.717) is 0 Å². The van der Waals surface area contributed by atoms with Crippen LogP contribution in [0.2, 0.25) is 0 Å². The van der Waals surface area contributed by atoms with Crippen LogP contribution in [0.25, 0.3) is 0 Å². The van der Waals surface area contributed by atoms with Crippen LogP contribution in [0.4, 0.5) is 0 Å². The first-order chi connectivity index (χ1) is 7.86. The first-order valence-corrected chi connectivity index (χ1v) is 6.27. The van der Waals surface area contributed by atoms with Gasteiger partial charge in [-0.25, -0.2) is 0 Å². The van der Waals surface area contributed by atoms with E-state index in [0.717, 1.165) is 32.2 Å². The van der Waals surface area contributed by atoms with Crippen LogP contribution in [0.1, 0.15) is 12.8 Å². The van der Waals surface area contributed by atoms with Crippen molar-refractivity contribution in [1.29, 1.82) is 0 Å². The molecule has 1 heterocycles. The highest BCUT2D eigenvalue weighted by Crippen LogP contribution is 2.15. The molecule has 1 aliphatic heterocycles. The number of methoxy groups -OCH3 is 2. The summed E-state index contributed by atoms with van der Waals surface area (Å²) >= 11 is 0. The molecule has 16 heavy (non-hydrogen) atoms. The van der Waals surface area contributed by atoms with Crippen molar-refractivity contribution < 1.29 is 9.47 Å². The van der Waals surface area contributed by atoms with E-state index in [1.54, 1.807) is 14.2 Å². The molecule has 1 fully saturated rings. The molecule has 0 aromatic rings. The van der Waals surface area contributed by atoms with Gasteiger partial charge in [0.25, 0.3) is 0 Å². The maximum Gasteiger partial charge on any atom is 0.0587 e. The molecule has 1 atom stereocenters. The Balaban J connectivity index is 1.90. The first-order valence-electron chi connectivity index (χ1n) is 6.27. The highest BCUT2D eigenvalue weighted by atomic mass is 16.5. The van der Waals surface area contributed by atoms with Crippen molar-refractivity contribution in [2.24, 2.45) is 5.92 Å². The van der Waals surface area contributed by atoms with Crippen LogP contribution in [0, 0.1) is 5.92 Å². The second kappa shape index (κ2) is 8.93. The van der Waals surface area contributed by atoms with Gasteiger partial charge in [-0.3, -0.25) is 0 Å². The lowest BCUT2D eigenvalue weighted by Gasteiger charge is -2.15. The van der Waals surface area contributed by atoms with Gasteiger partial charge in [-0.15, -0.1) is 0 Å². The summed E-state index contributed by atoms with van der Waals surface area (Å²) in [5.41, 5.74) is 0. The molecule has 0 aromatic carbocycles. The second-order valence-electron chi connectivity index (χ2n) is 4.51. The Bertz CT molecular complexity index is 167. The Morgan fingerprint density at radius 1 is 1.25 bits per heavy atom. The van der Waals surface area contributed by atoms with Crippen LogP contribution in [0.3, 0.4) is 0 Å². The van der Waals surface area contributed by atoms with E-state index < -0.39 is 0 Å². The Kier molecular flexibility index (Phi) is 7.76. The number of hydrogen-bond acceptors (Lipinski definition) is 4. The van der Waals surface area contributed by atoms with Crippen LogP contribution in [0.5, 0.6) is 0 Å². The van der Waals surface area contributed by atoms with Crippen LogP contribution >= 0.6 is 0 Å². The summed E-state index contributed by atoms with van der Waals surface area (Å²) in [6.07, 6.45) is 2.52. The molecule has 1 N–H and O–H groups in total. The SMILES string of the molecule is COCCNCCCN1CCC(COC)C1. The quantitative estimate of drug-likeness (QED) is 0.588. The highest BCUT2D eigenvalue weighted by Gasteiger charge is 2.21. The number of hydrogen-bond donors (Lipinski definition) is 1. The molecule has 1 unspecified atom stereocenters. The third-order valence-electron chi connectivity index (χ3n) is 3.08. The Hall–Kier alpha value is -0.160. The number of rotatable bonds is 9. The fourth-order valence-corrected chi connectivity index (χ4v) is 2.21. The number of nitrogens with zero attached hydrogens (tertiary/aromatic N) is 1. The van der Waals surface area contributed by atoms with E-state index in [1.165, 1.54) is 32.5 Å². The molecule has 1 aliphatic rings. The molecule has 4 heteroatoms. The van der Waals surface area contributed by atoms with E-state index in [2.05, 4.69) is 10.2 Å². The van der Waals surface area contributed by atoms with Crippen molar-refractivity contribution in [3.05, 3.63) is 0 Å². The molecule has 0 saturated carbocycles. The van der Waals surface area contributed by atoms with Crippen LogP contribution in [-0.4, -0.2) is 65.1 Å². The second-order valence-corrected chi connectivity index (χ2v) is 4.51. The maximum atomic E-state index is 5.19. The summed E-state index contributed by atoms with van der Waals surface area (Å²) in [6.45, 7) is 7.44. The summed E-state index contributed by atoms with van der Waals surface area (Å²) in [5.74, 6) is 0.756. The van der Waals surface area contributed by atoms with Crippen molar-refractivity contribution in [2.45, 2.75) is 12.8 Å². The zero-order chi connectivity index (χ0) is 11.6. The normalized spacial score (nSPS) is 21.8. The summed E-state index contributed by atoms with van der Waals surface area (Å²) in [5, 5.41) is 3.37. The Morgan fingerprint density at radius 2 is 2.12 bits per heavy atom. The highest BCUT2D eigenvalue weighted by molar-refractivity contribution is 4.75. The van der Waals surface area contributed by atoms with Gasteiger partial charge in [-0.2, -0.15) is 0 Å². The van der Waals surface area contributed by atoms with Crippen molar-refractivity contribution in [3.8, 4) is 0 Å². The Labute approximate surface area is 99.3 Å². The van der Waals surface area contributed by atoms with Crippen molar-refractivity contribution in [1.82, 2.24) is 10.2 Å². The average Bonchev–Trinajstić information content (AvgIpc) is 2.72. The van der Waals surface area contributed by atoms with E-state index in [1.807, 2.05) is 0 Å². The minimum Gasteiger partial charge on any atom is -0.384 e. The summed E-state index contributed by atoms with van der Waals surface area (Å²) in [7, 11) is 3.53. The predicted molar refractivity (Wildman–Crippen MR) is 65.8 cm³/mol. The number of nitrogens with one attached hydrogen (secondary N) is 1. The third-order valence-corrected chi connectivity index (χ3v) is 3.08. The Morgan fingerprint density at radius 3 is 2.88 bits per heavy atom. The molecule has 0 radical (unpaired) electrons. The zero-order valence-corrected chi connectivity index (χ0v) is 10.7. The molecule has 0 bridgehead atoms. The minimum absolute atomic E-state index is 0.756. The van der Waals surface area contributed by atoms with Crippen molar-refractivity contribution >= 4 is 0 Å².